The molecule has 0 aliphatic heterocycles. The Morgan fingerprint density at radius 3 is 2.16 bits per heavy atom. The fourth-order valence-electron chi connectivity index (χ4n) is 4.25. The SMILES string of the molecule is CCCCCCCCCC(CCC)c1c(C)ccc2cc(C)ccc12. The smallest absolute Gasteiger partial charge is 0.0146 e. The van der Waals surface area contributed by atoms with Gasteiger partial charge < -0.3 is 0 Å². The van der Waals surface area contributed by atoms with Gasteiger partial charge in [-0.2, -0.15) is 0 Å². The molecule has 2 rings (SSSR count). The molecule has 0 nitrogen and oxygen atoms in total. The van der Waals surface area contributed by atoms with Gasteiger partial charge in [-0.15, -0.1) is 0 Å². The summed E-state index contributed by atoms with van der Waals surface area (Å²) in [4.78, 5) is 0. The first kappa shape index (κ1) is 20.0. The first-order valence-electron chi connectivity index (χ1n) is 10.7. The maximum atomic E-state index is 2.36. The van der Waals surface area contributed by atoms with Crippen LogP contribution in [0.15, 0.2) is 30.3 Å². The molecule has 0 spiro atoms. The van der Waals surface area contributed by atoms with E-state index in [1.807, 2.05) is 0 Å². The molecular formula is C25H38. The van der Waals surface area contributed by atoms with Crippen LogP contribution in [0.3, 0.4) is 0 Å². The van der Waals surface area contributed by atoms with E-state index < -0.39 is 0 Å². The summed E-state index contributed by atoms with van der Waals surface area (Å²) in [5.74, 6) is 0.729. The van der Waals surface area contributed by atoms with Gasteiger partial charge in [0.15, 0.2) is 0 Å². The van der Waals surface area contributed by atoms with Crippen molar-refractivity contribution in [2.75, 3.05) is 0 Å². The number of rotatable bonds is 11. The zero-order chi connectivity index (χ0) is 18.1. The van der Waals surface area contributed by atoms with E-state index in [1.165, 1.54) is 86.1 Å². The van der Waals surface area contributed by atoms with Crippen molar-refractivity contribution >= 4 is 10.8 Å². The standard InChI is InChI=1S/C25H38/c1-5-7-8-9-10-11-12-14-22(13-6-2)25-21(4)16-17-23-19-20(3)15-18-24(23)25/h15-19,22H,5-14H2,1-4H3. The van der Waals surface area contributed by atoms with E-state index in [-0.39, 0.29) is 0 Å². The van der Waals surface area contributed by atoms with E-state index >= 15 is 0 Å². The van der Waals surface area contributed by atoms with Crippen molar-refractivity contribution < 1.29 is 0 Å². The first-order valence-corrected chi connectivity index (χ1v) is 10.7. The third kappa shape index (κ3) is 5.87. The Morgan fingerprint density at radius 1 is 0.720 bits per heavy atom. The Morgan fingerprint density at radius 2 is 1.44 bits per heavy atom. The summed E-state index contributed by atoms with van der Waals surface area (Å²) in [5, 5.41) is 2.91. The predicted molar refractivity (Wildman–Crippen MR) is 114 cm³/mol. The molecular weight excluding hydrogens is 300 g/mol. The molecule has 0 fully saturated rings. The minimum Gasteiger partial charge on any atom is -0.0654 e. The fraction of sp³-hybridized carbons (Fsp3) is 0.600. The molecule has 0 heterocycles. The quantitative estimate of drug-likeness (QED) is 0.360. The van der Waals surface area contributed by atoms with Crippen molar-refractivity contribution in [3.63, 3.8) is 0 Å². The lowest BCUT2D eigenvalue weighted by molar-refractivity contribution is 0.510. The summed E-state index contributed by atoms with van der Waals surface area (Å²) in [6, 6.07) is 11.6. The predicted octanol–water partition coefficient (Wildman–Crippen LogP) is 8.48. The minimum absolute atomic E-state index is 0.729. The Balaban J connectivity index is 2.06. The maximum absolute atomic E-state index is 2.36. The zero-order valence-corrected chi connectivity index (χ0v) is 17.0. The van der Waals surface area contributed by atoms with Crippen LogP contribution in [0.5, 0.6) is 0 Å². The van der Waals surface area contributed by atoms with Gasteiger partial charge in [-0.05, 0) is 54.5 Å². The summed E-state index contributed by atoms with van der Waals surface area (Å²) in [6.45, 7) is 9.13. The van der Waals surface area contributed by atoms with Gasteiger partial charge in [-0.1, -0.05) is 101 Å². The number of unbranched alkanes of at least 4 members (excludes halogenated alkanes) is 6. The highest BCUT2D eigenvalue weighted by atomic mass is 14.2. The topological polar surface area (TPSA) is 0 Å². The van der Waals surface area contributed by atoms with E-state index in [0.717, 1.165) is 5.92 Å². The average molecular weight is 339 g/mol. The third-order valence-corrected chi connectivity index (χ3v) is 5.64. The highest BCUT2D eigenvalue weighted by Crippen LogP contribution is 2.35. The van der Waals surface area contributed by atoms with Crippen molar-refractivity contribution in [1.29, 1.82) is 0 Å². The molecule has 2 aromatic carbocycles. The molecule has 0 heteroatoms. The van der Waals surface area contributed by atoms with Gasteiger partial charge in [0.05, 0.1) is 0 Å². The van der Waals surface area contributed by atoms with Gasteiger partial charge in [-0.25, -0.2) is 0 Å². The summed E-state index contributed by atoms with van der Waals surface area (Å²) in [5.41, 5.74) is 4.48. The molecule has 0 bridgehead atoms. The molecule has 0 aliphatic carbocycles. The maximum Gasteiger partial charge on any atom is -0.0146 e. The van der Waals surface area contributed by atoms with E-state index in [1.54, 1.807) is 5.56 Å². The fourth-order valence-corrected chi connectivity index (χ4v) is 4.25. The molecule has 138 valence electrons. The Bertz CT molecular complexity index is 638. The van der Waals surface area contributed by atoms with Crippen LogP contribution in [-0.4, -0.2) is 0 Å². The summed E-state index contributed by atoms with van der Waals surface area (Å²) < 4.78 is 0. The van der Waals surface area contributed by atoms with Gasteiger partial charge in [0.1, 0.15) is 0 Å². The Labute approximate surface area is 156 Å². The second kappa shape index (κ2) is 10.6. The number of hydrogen-bond donors (Lipinski definition) is 0. The van der Waals surface area contributed by atoms with Crippen LogP contribution in [0.2, 0.25) is 0 Å². The van der Waals surface area contributed by atoms with Crippen molar-refractivity contribution in [2.24, 2.45) is 0 Å². The lowest BCUT2D eigenvalue weighted by Crippen LogP contribution is -2.03. The summed E-state index contributed by atoms with van der Waals surface area (Å²) in [6.07, 6.45) is 13.8. The first-order chi connectivity index (χ1) is 12.2. The Hall–Kier alpha value is -1.30. The summed E-state index contributed by atoms with van der Waals surface area (Å²) in [7, 11) is 0. The van der Waals surface area contributed by atoms with Crippen molar-refractivity contribution in [3.8, 4) is 0 Å². The average Bonchev–Trinajstić information content (AvgIpc) is 2.60. The van der Waals surface area contributed by atoms with Crippen LogP contribution in [0.1, 0.15) is 101 Å². The number of aryl methyl sites for hydroxylation is 2. The molecule has 0 saturated carbocycles. The van der Waals surface area contributed by atoms with Gasteiger partial charge in [-0.3, -0.25) is 0 Å². The molecule has 1 unspecified atom stereocenters. The molecule has 0 saturated heterocycles. The second-order valence-electron chi connectivity index (χ2n) is 7.92. The van der Waals surface area contributed by atoms with E-state index in [4.69, 9.17) is 0 Å². The van der Waals surface area contributed by atoms with E-state index in [9.17, 15) is 0 Å². The third-order valence-electron chi connectivity index (χ3n) is 5.64. The van der Waals surface area contributed by atoms with Crippen molar-refractivity contribution in [1.82, 2.24) is 0 Å². The normalized spacial score (nSPS) is 12.6. The van der Waals surface area contributed by atoms with Crippen LogP contribution in [0, 0.1) is 13.8 Å². The number of fused-ring (bicyclic) bond motifs is 1. The largest absolute Gasteiger partial charge is 0.0654 e. The lowest BCUT2D eigenvalue weighted by atomic mass is 9.83. The molecule has 0 amide bonds. The van der Waals surface area contributed by atoms with Crippen LogP contribution < -0.4 is 0 Å². The minimum atomic E-state index is 0.729. The molecule has 25 heavy (non-hydrogen) atoms. The van der Waals surface area contributed by atoms with Gasteiger partial charge in [0, 0.05) is 0 Å². The zero-order valence-electron chi connectivity index (χ0n) is 17.0. The van der Waals surface area contributed by atoms with Crippen LogP contribution >= 0.6 is 0 Å². The number of benzene rings is 2. The molecule has 0 aromatic heterocycles. The van der Waals surface area contributed by atoms with Gasteiger partial charge in [0.25, 0.3) is 0 Å². The van der Waals surface area contributed by atoms with Crippen LogP contribution in [0.25, 0.3) is 10.8 Å². The second-order valence-corrected chi connectivity index (χ2v) is 7.92. The Kier molecular flexibility index (Phi) is 8.52. The van der Waals surface area contributed by atoms with E-state index in [2.05, 4.69) is 58.0 Å². The van der Waals surface area contributed by atoms with E-state index in [0.29, 0.717) is 0 Å². The monoisotopic (exact) mass is 338 g/mol. The van der Waals surface area contributed by atoms with Crippen LogP contribution in [0.4, 0.5) is 0 Å². The van der Waals surface area contributed by atoms with Crippen molar-refractivity contribution in [3.05, 3.63) is 47.0 Å². The van der Waals surface area contributed by atoms with Gasteiger partial charge in [0.2, 0.25) is 0 Å². The van der Waals surface area contributed by atoms with Crippen molar-refractivity contribution in [2.45, 2.75) is 97.8 Å². The highest BCUT2D eigenvalue weighted by molar-refractivity contribution is 5.87. The molecule has 0 radical (unpaired) electrons. The number of hydrogen-bond acceptors (Lipinski definition) is 0. The molecule has 2 aromatic rings. The molecule has 0 aliphatic rings. The summed E-state index contributed by atoms with van der Waals surface area (Å²) >= 11 is 0. The van der Waals surface area contributed by atoms with Crippen LogP contribution in [-0.2, 0) is 0 Å². The highest BCUT2D eigenvalue weighted by Gasteiger charge is 2.16. The molecule has 1 atom stereocenters. The van der Waals surface area contributed by atoms with Gasteiger partial charge >= 0.3 is 0 Å². The lowest BCUT2D eigenvalue weighted by Gasteiger charge is -2.21. The molecule has 0 N–H and O–H groups in total.